The van der Waals surface area contributed by atoms with E-state index in [2.05, 4.69) is 0 Å². The van der Waals surface area contributed by atoms with Crippen LogP contribution in [0.4, 0.5) is 0 Å². The van der Waals surface area contributed by atoms with Gasteiger partial charge in [-0.25, -0.2) is 0 Å². The zero-order valence-corrected chi connectivity index (χ0v) is 6.61. The van der Waals surface area contributed by atoms with Crippen molar-refractivity contribution in [3.05, 3.63) is 11.1 Å². The van der Waals surface area contributed by atoms with E-state index in [-0.39, 0.29) is 0 Å². The minimum Gasteiger partial charge on any atom is -0.351 e. The van der Waals surface area contributed by atoms with Crippen LogP contribution in [0.15, 0.2) is 11.1 Å². The summed E-state index contributed by atoms with van der Waals surface area (Å²) in [4.78, 5) is 0. The third-order valence-corrected chi connectivity index (χ3v) is 1.33. The maximum absolute atomic E-state index is 5.64. The Bertz CT molecular complexity index is 97.2. The van der Waals surface area contributed by atoms with E-state index in [4.69, 9.17) is 21.1 Å². The number of methoxy groups -OCH3 is 2. The van der Waals surface area contributed by atoms with E-state index in [1.165, 1.54) is 0 Å². The molecule has 0 amide bonds. The van der Waals surface area contributed by atoms with Gasteiger partial charge in [-0.1, -0.05) is 17.7 Å². The molecule has 3 heteroatoms. The largest absolute Gasteiger partial charge is 0.351 e. The van der Waals surface area contributed by atoms with Crippen molar-refractivity contribution in [3.8, 4) is 0 Å². The summed E-state index contributed by atoms with van der Waals surface area (Å²) in [5, 5.41) is 0.569. The lowest BCUT2D eigenvalue weighted by molar-refractivity contribution is -0.0699. The van der Waals surface area contributed by atoms with Gasteiger partial charge in [-0.15, -0.1) is 0 Å². The van der Waals surface area contributed by atoms with Crippen LogP contribution in [0.1, 0.15) is 6.92 Å². The molecule has 0 bridgehead atoms. The first-order valence-electron chi connectivity index (χ1n) is 2.63. The monoisotopic (exact) mass is 150 g/mol. The SMILES string of the molecule is CC=C(Cl)C(OC)OC. The van der Waals surface area contributed by atoms with Gasteiger partial charge in [-0.3, -0.25) is 0 Å². The third kappa shape index (κ3) is 2.84. The minimum absolute atomic E-state index is 0.406. The molecule has 0 saturated carbocycles. The molecule has 0 aliphatic rings. The molecule has 0 N–H and O–H groups in total. The van der Waals surface area contributed by atoms with Crippen LogP contribution in [0.3, 0.4) is 0 Å². The lowest BCUT2D eigenvalue weighted by atomic mass is 10.5. The second-order valence-corrected chi connectivity index (χ2v) is 1.91. The quantitative estimate of drug-likeness (QED) is 0.571. The predicted molar refractivity (Wildman–Crippen MR) is 37.4 cm³/mol. The summed E-state index contributed by atoms with van der Waals surface area (Å²) < 4.78 is 9.66. The van der Waals surface area contributed by atoms with Gasteiger partial charge in [-0.05, 0) is 6.92 Å². The zero-order valence-electron chi connectivity index (χ0n) is 5.85. The van der Waals surface area contributed by atoms with Crippen LogP contribution < -0.4 is 0 Å². The average molecular weight is 151 g/mol. The molecule has 0 aromatic carbocycles. The van der Waals surface area contributed by atoms with Crippen LogP contribution in [-0.2, 0) is 9.47 Å². The highest BCUT2D eigenvalue weighted by molar-refractivity contribution is 6.30. The number of halogens is 1. The fourth-order valence-electron chi connectivity index (χ4n) is 0.457. The van der Waals surface area contributed by atoms with Crippen LogP contribution >= 0.6 is 11.6 Å². The van der Waals surface area contributed by atoms with Gasteiger partial charge in [0.05, 0.1) is 5.03 Å². The summed E-state index contributed by atoms with van der Waals surface area (Å²) in [5.41, 5.74) is 0. The van der Waals surface area contributed by atoms with E-state index >= 15 is 0 Å². The van der Waals surface area contributed by atoms with Crippen LogP contribution in [0.2, 0.25) is 0 Å². The Morgan fingerprint density at radius 2 is 1.89 bits per heavy atom. The number of rotatable bonds is 3. The molecule has 0 aromatic rings. The van der Waals surface area contributed by atoms with Gasteiger partial charge in [0, 0.05) is 14.2 Å². The number of ether oxygens (including phenoxy) is 2. The number of allylic oxidation sites excluding steroid dienone is 1. The first-order valence-corrected chi connectivity index (χ1v) is 3.01. The molecule has 0 unspecified atom stereocenters. The van der Waals surface area contributed by atoms with Crippen LogP contribution in [0, 0.1) is 0 Å². The molecule has 0 aliphatic heterocycles. The van der Waals surface area contributed by atoms with E-state index in [0.717, 1.165) is 0 Å². The summed E-state index contributed by atoms with van der Waals surface area (Å²) >= 11 is 5.64. The van der Waals surface area contributed by atoms with E-state index in [9.17, 15) is 0 Å². The Morgan fingerprint density at radius 3 is 2.00 bits per heavy atom. The number of hydrogen-bond acceptors (Lipinski definition) is 2. The molecule has 2 nitrogen and oxygen atoms in total. The lowest BCUT2D eigenvalue weighted by Gasteiger charge is -2.10. The van der Waals surface area contributed by atoms with Crippen molar-refractivity contribution in [2.75, 3.05) is 14.2 Å². The van der Waals surface area contributed by atoms with Crippen molar-refractivity contribution >= 4 is 11.6 Å². The van der Waals surface area contributed by atoms with Gasteiger partial charge in [0.1, 0.15) is 0 Å². The summed E-state index contributed by atoms with van der Waals surface area (Å²) in [5.74, 6) is 0. The number of hydrogen-bond donors (Lipinski definition) is 0. The Kier molecular flexibility index (Phi) is 4.77. The van der Waals surface area contributed by atoms with Crippen molar-refractivity contribution in [1.82, 2.24) is 0 Å². The van der Waals surface area contributed by atoms with Gasteiger partial charge in [0.15, 0.2) is 6.29 Å². The Balaban J connectivity index is 3.79. The summed E-state index contributed by atoms with van der Waals surface area (Å²) in [6, 6.07) is 0. The first kappa shape index (κ1) is 8.95. The summed E-state index contributed by atoms with van der Waals surface area (Å²) in [6.07, 6.45) is 1.33. The lowest BCUT2D eigenvalue weighted by Crippen LogP contribution is -2.12. The molecule has 0 saturated heterocycles. The minimum atomic E-state index is -0.406. The van der Waals surface area contributed by atoms with E-state index < -0.39 is 6.29 Å². The first-order chi connectivity index (χ1) is 4.26. The fraction of sp³-hybridized carbons (Fsp3) is 0.667. The van der Waals surface area contributed by atoms with E-state index in [0.29, 0.717) is 5.03 Å². The summed E-state index contributed by atoms with van der Waals surface area (Å²) in [7, 11) is 3.08. The molecule has 54 valence electrons. The highest BCUT2D eigenvalue weighted by Crippen LogP contribution is 2.10. The van der Waals surface area contributed by atoms with Gasteiger partial charge in [0.2, 0.25) is 0 Å². The van der Waals surface area contributed by atoms with Crippen LogP contribution in [0.25, 0.3) is 0 Å². The second kappa shape index (κ2) is 4.79. The van der Waals surface area contributed by atoms with E-state index in [1.54, 1.807) is 20.3 Å². The highest BCUT2D eigenvalue weighted by Gasteiger charge is 2.06. The molecule has 0 atom stereocenters. The normalized spacial score (nSPS) is 12.8. The fourth-order valence-corrected chi connectivity index (χ4v) is 0.636. The van der Waals surface area contributed by atoms with E-state index in [1.807, 2.05) is 6.92 Å². The van der Waals surface area contributed by atoms with Crippen molar-refractivity contribution in [2.24, 2.45) is 0 Å². The van der Waals surface area contributed by atoms with Crippen molar-refractivity contribution in [1.29, 1.82) is 0 Å². The van der Waals surface area contributed by atoms with Crippen LogP contribution in [0.5, 0.6) is 0 Å². The Morgan fingerprint density at radius 1 is 1.44 bits per heavy atom. The van der Waals surface area contributed by atoms with Gasteiger partial charge >= 0.3 is 0 Å². The maximum Gasteiger partial charge on any atom is 0.193 e. The predicted octanol–water partition coefficient (Wildman–Crippen LogP) is 1.75. The van der Waals surface area contributed by atoms with Crippen molar-refractivity contribution < 1.29 is 9.47 Å². The Hall–Kier alpha value is -0.0500. The van der Waals surface area contributed by atoms with Crippen molar-refractivity contribution in [3.63, 3.8) is 0 Å². The highest BCUT2D eigenvalue weighted by atomic mass is 35.5. The van der Waals surface area contributed by atoms with Crippen molar-refractivity contribution in [2.45, 2.75) is 13.2 Å². The smallest absolute Gasteiger partial charge is 0.193 e. The molecular formula is C6H11ClO2. The summed E-state index contributed by atoms with van der Waals surface area (Å²) in [6.45, 7) is 1.83. The topological polar surface area (TPSA) is 18.5 Å². The van der Waals surface area contributed by atoms with Gasteiger partial charge in [-0.2, -0.15) is 0 Å². The zero-order chi connectivity index (χ0) is 7.28. The van der Waals surface area contributed by atoms with Gasteiger partial charge in [0.25, 0.3) is 0 Å². The molecule has 0 spiro atoms. The molecule has 0 rings (SSSR count). The maximum atomic E-state index is 5.64. The Labute approximate surface area is 60.4 Å². The molecule has 0 heterocycles. The standard InChI is InChI=1S/C6H11ClO2/c1-4-5(7)6(8-2)9-3/h4,6H,1-3H3. The molecule has 0 aliphatic carbocycles. The third-order valence-electron chi connectivity index (χ3n) is 0.929. The van der Waals surface area contributed by atoms with Gasteiger partial charge < -0.3 is 9.47 Å². The molecule has 9 heavy (non-hydrogen) atoms. The van der Waals surface area contributed by atoms with Crippen LogP contribution in [-0.4, -0.2) is 20.5 Å². The molecule has 0 fully saturated rings. The molecule has 0 aromatic heterocycles. The average Bonchev–Trinajstić information content (AvgIpc) is 1.90. The molecular weight excluding hydrogens is 140 g/mol. The molecule has 0 radical (unpaired) electrons. The second-order valence-electron chi connectivity index (χ2n) is 1.48.